The molecule has 3 heterocycles. The van der Waals surface area contributed by atoms with Crippen molar-refractivity contribution in [2.45, 2.75) is 45.2 Å². The number of amides is 1. The highest BCUT2D eigenvalue weighted by atomic mass is 16.2. The lowest BCUT2D eigenvalue weighted by Gasteiger charge is -2.41. The SMILES string of the molecule is CN(Cc1ccccc1)C(=O)c1nc2ccccn2c1CN1CC[C@@H]2CCCC[C@H]2C1. The Balaban J connectivity index is 1.39. The van der Waals surface area contributed by atoms with Gasteiger partial charge in [-0.25, -0.2) is 4.98 Å². The molecule has 2 aliphatic rings. The van der Waals surface area contributed by atoms with Crippen molar-refractivity contribution in [2.24, 2.45) is 11.8 Å². The van der Waals surface area contributed by atoms with Crippen LogP contribution in [0.1, 0.15) is 53.8 Å². The molecule has 0 N–H and O–H groups in total. The van der Waals surface area contributed by atoms with Gasteiger partial charge in [0, 0.05) is 32.9 Å². The van der Waals surface area contributed by atoms with Gasteiger partial charge in [0.25, 0.3) is 5.91 Å². The quantitative estimate of drug-likeness (QED) is 0.609. The molecular formula is C26H32N4O. The van der Waals surface area contributed by atoms with Crippen molar-refractivity contribution in [3.8, 4) is 0 Å². The van der Waals surface area contributed by atoms with Gasteiger partial charge in [0.15, 0.2) is 5.69 Å². The molecule has 5 nitrogen and oxygen atoms in total. The first-order valence-corrected chi connectivity index (χ1v) is 11.7. The first kappa shape index (κ1) is 20.3. The second-order valence-corrected chi connectivity index (χ2v) is 9.31. The molecule has 1 aromatic carbocycles. The maximum absolute atomic E-state index is 13.4. The zero-order chi connectivity index (χ0) is 21.2. The Morgan fingerprint density at radius 3 is 2.65 bits per heavy atom. The summed E-state index contributed by atoms with van der Waals surface area (Å²) in [6.07, 6.45) is 8.87. The van der Waals surface area contributed by atoms with Crippen molar-refractivity contribution >= 4 is 11.6 Å². The molecule has 3 aromatic rings. The van der Waals surface area contributed by atoms with Crippen LogP contribution in [0.2, 0.25) is 0 Å². The summed E-state index contributed by atoms with van der Waals surface area (Å²) in [7, 11) is 1.87. The Morgan fingerprint density at radius 1 is 1.03 bits per heavy atom. The highest BCUT2D eigenvalue weighted by molar-refractivity contribution is 5.94. The summed E-state index contributed by atoms with van der Waals surface area (Å²) >= 11 is 0. The van der Waals surface area contributed by atoms with Gasteiger partial charge in [-0.1, -0.05) is 55.7 Å². The average Bonchev–Trinajstić information content (AvgIpc) is 3.17. The van der Waals surface area contributed by atoms with E-state index in [4.69, 9.17) is 4.98 Å². The second kappa shape index (κ2) is 8.83. The molecule has 1 saturated carbocycles. The van der Waals surface area contributed by atoms with Crippen LogP contribution in [0.15, 0.2) is 54.7 Å². The number of nitrogens with zero attached hydrogens (tertiary/aromatic N) is 4. The number of hydrogen-bond acceptors (Lipinski definition) is 3. The fourth-order valence-corrected chi connectivity index (χ4v) is 5.51. The minimum atomic E-state index is -0.00453. The molecule has 2 atom stereocenters. The first-order valence-electron chi connectivity index (χ1n) is 11.7. The topological polar surface area (TPSA) is 40.9 Å². The third-order valence-corrected chi connectivity index (χ3v) is 7.19. The molecule has 1 aliphatic carbocycles. The summed E-state index contributed by atoms with van der Waals surface area (Å²) in [5, 5.41) is 0. The van der Waals surface area contributed by atoms with Crippen LogP contribution in [0.4, 0.5) is 0 Å². The summed E-state index contributed by atoms with van der Waals surface area (Å²) in [4.78, 5) is 22.5. The van der Waals surface area contributed by atoms with Gasteiger partial charge in [0.2, 0.25) is 0 Å². The van der Waals surface area contributed by atoms with Gasteiger partial charge in [-0.2, -0.15) is 0 Å². The number of pyridine rings is 1. The largest absolute Gasteiger partial charge is 0.336 e. The summed E-state index contributed by atoms with van der Waals surface area (Å²) in [6.45, 7) is 3.64. The van der Waals surface area contributed by atoms with E-state index in [1.807, 2.05) is 49.6 Å². The molecule has 0 unspecified atom stereocenters. The number of likely N-dealkylation sites (tertiary alicyclic amines) is 1. The number of carbonyl (C=O) groups is 1. The van der Waals surface area contributed by atoms with Gasteiger partial charge >= 0.3 is 0 Å². The van der Waals surface area contributed by atoms with Crippen LogP contribution < -0.4 is 0 Å². The average molecular weight is 417 g/mol. The molecule has 1 aliphatic heterocycles. The predicted octanol–water partition coefficient (Wildman–Crippen LogP) is 4.62. The van der Waals surface area contributed by atoms with Gasteiger partial charge in [-0.05, 0) is 48.9 Å². The van der Waals surface area contributed by atoms with Crippen LogP contribution in [0.5, 0.6) is 0 Å². The number of piperidine rings is 1. The highest BCUT2D eigenvalue weighted by Gasteiger charge is 2.32. The molecular weight excluding hydrogens is 384 g/mol. The fourth-order valence-electron chi connectivity index (χ4n) is 5.51. The van der Waals surface area contributed by atoms with E-state index < -0.39 is 0 Å². The van der Waals surface area contributed by atoms with Gasteiger partial charge in [0.1, 0.15) is 5.65 Å². The van der Waals surface area contributed by atoms with Gasteiger partial charge in [0.05, 0.1) is 5.69 Å². The van der Waals surface area contributed by atoms with Crippen molar-refractivity contribution in [1.29, 1.82) is 0 Å². The van der Waals surface area contributed by atoms with Crippen molar-refractivity contribution < 1.29 is 4.79 Å². The summed E-state index contributed by atoms with van der Waals surface area (Å²) < 4.78 is 2.11. The van der Waals surface area contributed by atoms with Gasteiger partial charge in [-0.15, -0.1) is 0 Å². The van der Waals surface area contributed by atoms with Crippen molar-refractivity contribution in [1.82, 2.24) is 19.2 Å². The number of carbonyl (C=O) groups excluding carboxylic acids is 1. The molecule has 5 rings (SSSR count). The Bertz CT molecular complexity index is 1040. The van der Waals surface area contributed by atoms with Crippen molar-refractivity contribution in [2.75, 3.05) is 20.1 Å². The third-order valence-electron chi connectivity index (χ3n) is 7.19. The molecule has 5 heteroatoms. The van der Waals surface area contributed by atoms with E-state index in [2.05, 4.69) is 21.4 Å². The van der Waals surface area contributed by atoms with E-state index in [1.54, 1.807) is 4.90 Å². The lowest BCUT2D eigenvalue weighted by atomic mass is 9.75. The number of benzene rings is 1. The molecule has 1 saturated heterocycles. The Morgan fingerprint density at radius 2 is 1.81 bits per heavy atom. The van der Waals surface area contributed by atoms with Crippen molar-refractivity contribution in [3.63, 3.8) is 0 Å². The Kier molecular flexibility index (Phi) is 5.77. The lowest BCUT2D eigenvalue weighted by Crippen LogP contribution is -2.41. The lowest BCUT2D eigenvalue weighted by molar-refractivity contribution is 0.0752. The van der Waals surface area contributed by atoms with E-state index in [1.165, 1.54) is 32.1 Å². The van der Waals surface area contributed by atoms with Crippen LogP contribution in [0, 0.1) is 11.8 Å². The molecule has 31 heavy (non-hydrogen) atoms. The van der Waals surface area contributed by atoms with Crippen molar-refractivity contribution in [3.05, 3.63) is 71.7 Å². The number of fused-ring (bicyclic) bond motifs is 2. The molecule has 0 spiro atoms. The predicted molar refractivity (Wildman–Crippen MR) is 123 cm³/mol. The third kappa shape index (κ3) is 4.24. The minimum Gasteiger partial charge on any atom is -0.336 e. The van der Waals surface area contributed by atoms with Crippen LogP contribution in [-0.4, -0.2) is 45.2 Å². The monoisotopic (exact) mass is 416 g/mol. The molecule has 1 amide bonds. The molecule has 2 fully saturated rings. The zero-order valence-electron chi connectivity index (χ0n) is 18.4. The van der Waals surface area contributed by atoms with Crippen LogP contribution in [-0.2, 0) is 13.1 Å². The van der Waals surface area contributed by atoms with E-state index >= 15 is 0 Å². The second-order valence-electron chi connectivity index (χ2n) is 9.31. The van der Waals surface area contributed by atoms with E-state index in [9.17, 15) is 4.79 Å². The fraction of sp³-hybridized carbons (Fsp3) is 0.462. The van der Waals surface area contributed by atoms with Crippen LogP contribution in [0.25, 0.3) is 5.65 Å². The zero-order valence-corrected chi connectivity index (χ0v) is 18.4. The summed E-state index contributed by atoms with van der Waals surface area (Å²) in [5.74, 6) is 1.72. The van der Waals surface area contributed by atoms with Crippen LogP contribution in [0.3, 0.4) is 0 Å². The Labute approximate surface area is 184 Å². The van der Waals surface area contributed by atoms with Gasteiger partial charge < -0.3 is 9.30 Å². The molecule has 162 valence electrons. The summed E-state index contributed by atoms with van der Waals surface area (Å²) in [5.41, 5.74) is 3.59. The van der Waals surface area contributed by atoms with E-state index in [0.717, 1.165) is 48.4 Å². The summed E-state index contributed by atoms with van der Waals surface area (Å²) in [6, 6.07) is 16.1. The van der Waals surface area contributed by atoms with E-state index in [-0.39, 0.29) is 5.91 Å². The minimum absolute atomic E-state index is 0.00453. The number of imidazole rings is 1. The highest BCUT2D eigenvalue weighted by Crippen LogP contribution is 2.36. The molecule has 0 bridgehead atoms. The maximum Gasteiger partial charge on any atom is 0.274 e. The van der Waals surface area contributed by atoms with Gasteiger partial charge in [-0.3, -0.25) is 9.69 Å². The normalized spacial score (nSPS) is 21.7. The van der Waals surface area contributed by atoms with Crippen LogP contribution >= 0.6 is 0 Å². The maximum atomic E-state index is 13.4. The first-order chi connectivity index (χ1) is 15.2. The Hall–Kier alpha value is -2.66. The molecule has 0 radical (unpaired) electrons. The van der Waals surface area contributed by atoms with E-state index in [0.29, 0.717) is 12.2 Å². The molecule has 2 aromatic heterocycles. The number of rotatable bonds is 5. The number of aromatic nitrogens is 2. The smallest absolute Gasteiger partial charge is 0.274 e. The standard InChI is InChI=1S/C26H32N4O/c1-28(17-20-9-3-2-4-10-20)26(31)25-23(30-15-8-7-13-24(30)27-25)19-29-16-14-21-11-5-6-12-22(21)18-29/h2-4,7-10,13,15,21-22H,5-6,11-12,14,16-19H2,1H3/t21-,22-/m0/s1. The number of hydrogen-bond donors (Lipinski definition) is 0.